The third-order valence-electron chi connectivity index (χ3n) is 6.62. The second-order valence-corrected chi connectivity index (χ2v) is 9.14. The molecule has 6 nitrogen and oxygen atoms in total. The number of halogens is 1. The van der Waals surface area contributed by atoms with Gasteiger partial charge in [0.15, 0.2) is 0 Å². The van der Waals surface area contributed by atoms with Crippen molar-refractivity contribution in [2.45, 2.75) is 39.2 Å². The van der Waals surface area contributed by atoms with Crippen molar-refractivity contribution in [2.75, 3.05) is 31.1 Å². The molecule has 1 aliphatic carbocycles. The lowest BCUT2D eigenvalue weighted by Crippen LogP contribution is -2.56. The standard InChI is InChI=1S/C24H30FN3O3/c1-16(2)15-21(28-22(29)19-5-3-4-6-20(19)23(28)30)24(31)27-13-11-26(12-14-27)18-9-7-17(25)8-10-18/h3-4,7-10,16,19-21H,5-6,11-15H2,1-2H3/t19-,20-,21-/m1/s1. The summed E-state index contributed by atoms with van der Waals surface area (Å²) in [6.07, 6.45) is 5.55. The number of imide groups is 1. The van der Waals surface area contributed by atoms with Crippen molar-refractivity contribution in [1.29, 1.82) is 0 Å². The number of likely N-dealkylation sites (tertiary alicyclic amines) is 1. The van der Waals surface area contributed by atoms with E-state index in [4.69, 9.17) is 0 Å². The Bertz CT molecular complexity index is 849. The topological polar surface area (TPSA) is 60.9 Å². The Morgan fingerprint density at radius 1 is 0.968 bits per heavy atom. The molecule has 1 aromatic rings. The maximum atomic E-state index is 13.5. The van der Waals surface area contributed by atoms with Crippen LogP contribution in [0.5, 0.6) is 0 Å². The Hall–Kier alpha value is -2.70. The number of carbonyl (C=O) groups is 3. The van der Waals surface area contributed by atoms with Crippen LogP contribution in [0.3, 0.4) is 0 Å². The molecule has 0 bridgehead atoms. The fraction of sp³-hybridized carbons (Fsp3) is 0.542. The highest BCUT2D eigenvalue weighted by atomic mass is 19.1. The van der Waals surface area contributed by atoms with Gasteiger partial charge in [-0.3, -0.25) is 19.3 Å². The van der Waals surface area contributed by atoms with E-state index in [9.17, 15) is 18.8 Å². The van der Waals surface area contributed by atoms with Gasteiger partial charge in [-0.2, -0.15) is 0 Å². The summed E-state index contributed by atoms with van der Waals surface area (Å²) in [5, 5.41) is 0. The Balaban J connectivity index is 1.47. The summed E-state index contributed by atoms with van der Waals surface area (Å²) in [6.45, 7) is 6.29. The summed E-state index contributed by atoms with van der Waals surface area (Å²) >= 11 is 0. The minimum atomic E-state index is -0.733. The van der Waals surface area contributed by atoms with Crippen LogP contribution in [0, 0.1) is 23.6 Å². The van der Waals surface area contributed by atoms with Crippen LogP contribution in [0.2, 0.25) is 0 Å². The van der Waals surface area contributed by atoms with Gasteiger partial charge in [0.2, 0.25) is 17.7 Å². The number of hydrogen-bond acceptors (Lipinski definition) is 4. The molecule has 3 atom stereocenters. The Labute approximate surface area is 182 Å². The normalized spacial score (nSPS) is 24.7. The smallest absolute Gasteiger partial charge is 0.246 e. The third-order valence-corrected chi connectivity index (χ3v) is 6.62. The van der Waals surface area contributed by atoms with Gasteiger partial charge >= 0.3 is 0 Å². The van der Waals surface area contributed by atoms with Crippen molar-refractivity contribution in [3.63, 3.8) is 0 Å². The molecule has 1 aromatic carbocycles. The molecule has 0 radical (unpaired) electrons. The van der Waals surface area contributed by atoms with Crippen LogP contribution in [-0.2, 0) is 14.4 Å². The van der Waals surface area contributed by atoms with E-state index in [1.165, 1.54) is 17.0 Å². The fourth-order valence-corrected chi connectivity index (χ4v) is 4.94. The van der Waals surface area contributed by atoms with Gasteiger partial charge in [-0.25, -0.2) is 4.39 Å². The molecule has 7 heteroatoms. The largest absolute Gasteiger partial charge is 0.368 e. The van der Waals surface area contributed by atoms with E-state index in [1.54, 1.807) is 17.0 Å². The summed E-state index contributed by atoms with van der Waals surface area (Å²) in [6, 6.07) is 5.62. The zero-order valence-corrected chi connectivity index (χ0v) is 18.2. The molecule has 2 aliphatic heterocycles. The van der Waals surface area contributed by atoms with Crippen molar-refractivity contribution in [3.05, 3.63) is 42.2 Å². The highest BCUT2D eigenvalue weighted by Crippen LogP contribution is 2.37. The lowest BCUT2D eigenvalue weighted by Gasteiger charge is -2.39. The van der Waals surface area contributed by atoms with Crippen LogP contribution in [0.25, 0.3) is 0 Å². The monoisotopic (exact) mass is 427 g/mol. The van der Waals surface area contributed by atoms with Crippen LogP contribution in [-0.4, -0.2) is 59.7 Å². The number of anilines is 1. The zero-order valence-electron chi connectivity index (χ0n) is 18.2. The SMILES string of the molecule is CC(C)C[C@H](C(=O)N1CCN(c2ccc(F)cc2)CC1)N1C(=O)[C@@H]2CC=CC[C@H]2C1=O. The minimum Gasteiger partial charge on any atom is -0.368 e. The molecule has 0 spiro atoms. The Morgan fingerprint density at radius 2 is 1.52 bits per heavy atom. The lowest BCUT2D eigenvalue weighted by molar-refractivity contribution is -0.152. The number of allylic oxidation sites excluding steroid dienone is 2. The van der Waals surface area contributed by atoms with E-state index >= 15 is 0 Å². The van der Waals surface area contributed by atoms with Crippen molar-refractivity contribution in [3.8, 4) is 0 Å². The molecule has 0 N–H and O–H groups in total. The van der Waals surface area contributed by atoms with Crippen molar-refractivity contribution < 1.29 is 18.8 Å². The van der Waals surface area contributed by atoms with Crippen molar-refractivity contribution in [2.24, 2.45) is 17.8 Å². The number of fused-ring (bicyclic) bond motifs is 1. The van der Waals surface area contributed by atoms with Crippen molar-refractivity contribution in [1.82, 2.24) is 9.80 Å². The first-order chi connectivity index (χ1) is 14.9. The second kappa shape index (κ2) is 8.81. The first-order valence-corrected chi connectivity index (χ1v) is 11.2. The van der Waals surface area contributed by atoms with E-state index in [2.05, 4.69) is 4.90 Å². The summed E-state index contributed by atoms with van der Waals surface area (Å²) in [5.74, 6) is -1.27. The number of carbonyl (C=O) groups excluding carboxylic acids is 3. The summed E-state index contributed by atoms with van der Waals surface area (Å²) in [4.78, 5) is 44.9. The van der Waals surface area contributed by atoms with Gasteiger partial charge in [0.1, 0.15) is 11.9 Å². The second-order valence-electron chi connectivity index (χ2n) is 9.14. The predicted octanol–water partition coefficient (Wildman–Crippen LogP) is 2.84. The van der Waals surface area contributed by atoms with E-state index < -0.39 is 6.04 Å². The molecule has 0 saturated carbocycles. The molecule has 31 heavy (non-hydrogen) atoms. The first kappa shape index (κ1) is 21.5. The number of piperazine rings is 1. The Morgan fingerprint density at radius 3 is 2.03 bits per heavy atom. The lowest BCUT2D eigenvalue weighted by atomic mass is 9.85. The van der Waals surface area contributed by atoms with Gasteiger partial charge in [-0.15, -0.1) is 0 Å². The van der Waals surface area contributed by atoms with Crippen LogP contribution < -0.4 is 4.90 Å². The molecule has 3 aliphatic rings. The molecule has 3 amide bonds. The number of benzene rings is 1. The van der Waals surface area contributed by atoms with Crippen LogP contribution in [0.4, 0.5) is 10.1 Å². The van der Waals surface area contributed by atoms with E-state index in [0.717, 1.165) is 5.69 Å². The van der Waals surface area contributed by atoms with Gasteiger partial charge in [0.25, 0.3) is 0 Å². The first-order valence-electron chi connectivity index (χ1n) is 11.2. The Kier molecular flexibility index (Phi) is 6.12. The minimum absolute atomic E-state index is 0.138. The molecule has 0 aromatic heterocycles. The highest BCUT2D eigenvalue weighted by Gasteiger charge is 2.51. The van der Waals surface area contributed by atoms with Gasteiger partial charge in [-0.05, 0) is 49.4 Å². The number of rotatable bonds is 5. The third kappa shape index (κ3) is 4.23. The number of amides is 3. The molecule has 2 heterocycles. The van der Waals surface area contributed by atoms with E-state index in [0.29, 0.717) is 45.4 Å². The summed E-state index contributed by atoms with van der Waals surface area (Å²) in [7, 11) is 0. The fourth-order valence-electron chi connectivity index (χ4n) is 4.94. The predicted molar refractivity (Wildman–Crippen MR) is 116 cm³/mol. The molecule has 166 valence electrons. The molecule has 4 rings (SSSR count). The average Bonchev–Trinajstić information content (AvgIpc) is 3.02. The average molecular weight is 428 g/mol. The van der Waals surface area contributed by atoms with Gasteiger partial charge in [0.05, 0.1) is 11.8 Å². The summed E-state index contributed by atoms with van der Waals surface area (Å²) in [5.41, 5.74) is 0.925. The summed E-state index contributed by atoms with van der Waals surface area (Å²) < 4.78 is 13.2. The molecule has 2 fully saturated rings. The van der Waals surface area contributed by atoms with Gasteiger partial charge in [0, 0.05) is 31.9 Å². The van der Waals surface area contributed by atoms with E-state index in [1.807, 2.05) is 26.0 Å². The molecule has 2 saturated heterocycles. The van der Waals surface area contributed by atoms with Gasteiger partial charge < -0.3 is 9.80 Å². The van der Waals surface area contributed by atoms with Crippen LogP contribution in [0.15, 0.2) is 36.4 Å². The molecular weight excluding hydrogens is 397 g/mol. The van der Waals surface area contributed by atoms with Crippen LogP contribution >= 0.6 is 0 Å². The molecular formula is C24H30FN3O3. The molecule has 0 unspecified atom stereocenters. The van der Waals surface area contributed by atoms with Crippen LogP contribution in [0.1, 0.15) is 33.1 Å². The van der Waals surface area contributed by atoms with Crippen molar-refractivity contribution >= 4 is 23.4 Å². The van der Waals surface area contributed by atoms with E-state index in [-0.39, 0.29) is 41.3 Å². The zero-order chi connectivity index (χ0) is 22.1. The number of nitrogens with zero attached hydrogens (tertiary/aromatic N) is 3. The maximum absolute atomic E-state index is 13.5. The number of hydrogen-bond donors (Lipinski definition) is 0. The van der Waals surface area contributed by atoms with Gasteiger partial charge in [-0.1, -0.05) is 26.0 Å². The quantitative estimate of drug-likeness (QED) is 0.536. The highest BCUT2D eigenvalue weighted by molar-refractivity contribution is 6.08. The maximum Gasteiger partial charge on any atom is 0.246 e.